The summed E-state index contributed by atoms with van der Waals surface area (Å²) in [5, 5.41) is 0. The van der Waals surface area contributed by atoms with Gasteiger partial charge in [0.1, 0.15) is 5.76 Å². The van der Waals surface area contributed by atoms with Gasteiger partial charge in [-0.25, -0.2) is 0 Å². The molecule has 3 nitrogen and oxygen atoms in total. The van der Waals surface area contributed by atoms with Crippen LogP contribution in [0.2, 0.25) is 0 Å². The Kier molecular flexibility index (Phi) is 4.91. The molecule has 0 atom stereocenters. The first-order chi connectivity index (χ1) is 8.34. The Morgan fingerprint density at radius 2 is 2.00 bits per heavy atom. The Bertz CT molecular complexity index is 406. The summed E-state index contributed by atoms with van der Waals surface area (Å²) < 4.78 is 10.6. The second-order valence-electron chi connectivity index (χ2n) is 5.52. The molecule has 3 heteroatoms. The number of hydrogen-bond acceptors (Lipinski definition) is 3. The molecule has 0 bridgehead atoms. The average molecular weight is 250 g/mol. The minimum absolute atomic E-state index is 0.218. The molecule has 0 unspecified atom stereocenters. The quantitative estimate of drug-likeness (QED) is 0.720. The summed E-state index contributed by atoms with van der Waals surface area (Å²) >= 11 is 0. The Morgan fingerprint density at radius 3 is 2.56 bits per heavy atom. The van der Waals surface area contributed by atoms with Gasteiger partial charge in [0, 0.05) is 7.11 Å². The van der Waals surface area contributed by atoms with E-state index < -0.39 is 5.41 Å². The Morgan fingerprint density at radius 1 is 1.33 bits per heavy atom. The summed E-state index contributed by atoms with van der Waals surface area (Å²) in [5.41, 5.74) is 1.65. The zero-order valence-corrected chi connectivity index (χ0v) is 11.9. The van der Waals surface area contributed by atoms with E-state index in [1.807, 2.05) is 39.8 Å². The lowest BCUT2D eigenvalue weighted by atomic mass is 9.97. The van der Waals surface area contributed by atoms with Gasteiger partial charge in [0.15, 0.2) is 0 Å². The molecule has 0 spiro atoms. The lowest BCUT2D eigenvalue weighted by Gasteiger charge is -2.18. The third-order valence-corrected chi connectivity index (χ3v) is 2.67. The normalized spacial score (nSPS) is 16.4. The first kappa shape index (κ1) is 14.7. The third-order valence-electron chi connectivity index (χ3n) is 2.67. The van der Waals surface area contributed by atoms with E-state index in [0.717, 1.165) is 12.0 Å². The Labute approximate surface area is 109 Å². The monoisotopic (exact) mass is 250 g/mol. The highest BCUT2D eigenvalue weighted by Gasteiger charge is 2.24. The van der Waals surface area contributed by atoms with Crippen molar-refractivity contribution in [1.29, 1.82) is 0 Å². The van der Waals surface area contributed by atoms with Crippen LogP contribution in [-0.4, -0.2) is 19.7 Å². The Balaban J connectivity index is 2.84. The van der Waals surface area contributed by atoms with E-state index in [1.165, 1.54) is 5.57 Å². The van der Waals surface area contributed by atoms with Crippen molar-refractivity contribution in [1.82, 2.24) is 0 Å². The minimum atomic E-state index is -0.494. The second-order valence-corrected chi connectivity index (χ2v) is 5.52. The van der Waals surface area contributed by atoms with Gasteiger partial charge in [0.05, 0.1) is 12.0 Å². The fourth-order valence-corrected chi connectivity index (χ4v) is 1.44. The zero-order chi connectivity index (χ0) is 13.8. The van der Waals surface area contributed by atoms with Crippen LogP contribution >= 0.6 is 0 Å². The number of hydrogen-bond donors (Lipinski definition) is 0. The number of rotatable bonds is 3. The van der Waals surface area contributed by atoms with Gasteiger partial charge in [-0.1, -0.05) is 12.2 Å². The number of carbonyl (C=O) groups is 1. The minimum Gasteiger partial charge on any atom is -0.426 e. The highest BCUT2D eigenvalue weighted by Crippen LogP contribution is 2.23. The van der Waals surface area contributed by atoms with E-state index in [4.69, 9.17) is 9.47 Å². The maximum absolute atomic E-state index is 11.9. The van der Waals surface area contributed by atoms with E-state index in [-0.39, 0.29) is 5.97 Å². The number of carbonyl (C=O) groups excluding carboxylic acids is 1. The average Bonchev–Trinajstić information content (AvgIpc) is 2.43. The highest BCUT2D eigenvalue weighted by atomic mass is 16.5. The molecular weight excluding hydrogens is 228 g/mol. The third kappa shape index (κ3) is 4.15. The predicted octanol–water partition coefficient (Wildman–Crippen LogP) is 3.38. The first-order valence-corrected chi connectivity index (χ1v) is 6.12. The van der Waals surface area contributed by atoms with Crippen LogP contribution in [0.3, 0.4) is 0 Å². The molecule has 0 aromatic carbocycles. The van der Waals surface area contributed by atoms with Crippen molar-refractivity contribution >= 4 is 5.97 Å². The summed E-state index contributed by atoms with van der Waals surface area (Å²) in [6, 6.07) is 0. The largest absolute Gasteiger partial charge is 0.426 e. The van der Waals surface area contributed by atoms with E-state index in [2.05, 4.69) is 6.08 Å². The molecule has 0 radical (unpaired) electrons. The van der Waals surface area contributed by atoms with Crippen molar-refractivity contribution in [3.63, 3.8) is 0 Å². The molecule has 18 heavy (non-hydrogen) atoms. The number of allylic oxidation sites excluding steroid dienone is 4. The number of methoxy groups -OCH3 is 1. The molecule has 0 saturated heterocycles. The van der Waals surface area contributed by atoms with Crippen molar-refractivity contribution in [2.24, 2.45) is 5.41 Å². The fourth-order valence-electron chi connectivity index (χ4n) is 1.44. The van der Waals surface area contributed by atoms with Crippen LogP contribution in [0, 0.1) is 5.41 Å². The molecule has 1 aliphatic carbocycles. The van der Waals surface area contributed by atoms with Crippen LogP contribution in [-0.2, 0) is 14.3 Å². The number of ether oxygens (including phenoxy) is 2. The van der Waals surface area contributed by atoms with Gasteiger partial charge in [-0.05, 0) is 51.3 Å². The van der Waals surface area contributed by atoms with E-state index in [1.54, 1.807) is 7.11 Å². The molecule has 0 N–H and O–H groups in total. The van der Waals surface area contributed by atoms with Crippen molar-refractivity contribution in [3.8, 4) is 0 Å². The van der Waals surface area contributed by atoms with Gasteiger partial charge >= 0.3 is 5.97 Å². The molecule has 0 heterocycles. The van der Waals surface area contributed by atoms with E-state index in [9.17, 15) is 4.79 Å². The topological polar surface area (TPSA) is 35.5 Å². The van der Waals surface area contributed by atoms with Crippen LogP contribution < -0.4 is 0 Å². The second kappa shape index (κ2) is 6.01. The van der Waals surface area contributed by atoms with Crippen molar-refractivity contribution in [2.45, 2.75) is 34.1 Å². The first-order valence-electron chi connectivity index (χ1n) is 6.12. The standard InChI is InChI=1S/C15H22O3/c1-11-6-7-12(10-17-5)8-9-13(11)18-14(16)15(2,3)4/h6,8-9H,7,10H2,1-5H3. The molecule has 0 amide bonds. The molecule has 1 rings (SSSR count). The number of esters is 1. The van der Waals surface area contributed by atoms with Gasteiger partial charge in [-0.3, -0.25) is 4.79 Å². The predicted molar refractivity (Wildman–Crippen MR) is 72.0 cm³/mol. The maximum Gasteiger partial charge on any atom is 0.316 e. The molecule has 0 aromatic rings. The van der Waals surface area contributed by atoms with Crippen LogP contribution in [0.4, 0.5) is 0 Å². The molecule has 100 valence electrons. The van der Waals surface area contributed by atoms with Crippen LogP contribution in [0.5, 0.6) is 0 Å². The molecule has 0 aliphatic heterocycles. The van der Waals surface area contributed by atoms with Crippen molar-refractivity contribution < 1.29 is 14.3 Å². The van der Waals surface area contributed by atoms with Gasteiger partial charge in [-0.2, -0.15) is 0 Å². The maximum atomic E-state index is 11.9. The summed E-state index contributed by atoms with van der Waals surface area (Å²) in [6.45, 7) is 8.08. The lowest BCUT2D eigenvalue weighted by Crippen LogP contribution is -2.22. The smallest absolute Gasteiger partial charge is 0.316 e. The van der Waals surface area contributed by atoms with Gasteiger partial charge in [-0.15, -0.1) is 0 Å². The van der Waals surface area contributed by atoms with Crippen LogP contribution in [0.15, 0.2) is 35.1 Å². The van der Waals surface area contributed by atoms with Gasteiger partial charge < -0.3 is 9.47 Å². The molecule has 1 aliphatic rings. The summed E-state index contributed by atoms with van der Waals surface area (Å²) in [6.07, 6.45) is 6.69. The van der Waals surface area contributed by atoms with Crippen molar-refractivity contribution in [2.75, 3.05) is 13.7 Å². The summed E-state index contributed by atoms with van der Waals surface area (Å²) in [5.74, 6) is 0.408. The van der Waals surface area contributed by atoms with E-state index >= 15 is 0 Å². The summed E-state index contributed by atoms with van der Waals surface area (Å²) in [7, 11) is 1.67. The zero-order valence-electron chi connectivity index (χ0n) is 11.9. The van der Waals surface area contributed by atoms with Gasteiger partial charge in [0.25, 0.3) is 0 Å². The Hall–Kier alpha value is -1.35. The van der Waals surface area contributed by atoms with Gasteiger partial charge in [0.2, 0.25) is 0 Å². The summed E-state index contributed by atoms with van der Waals surface area (Å²) in [4.78, 5) is 11.9. The highest BCUT2D eigenvalue weighted by molar-refractivity contribution is 5.77. The van der Waals surface area contributed by atoms with Crippen molar-refractivity contribution in [3.05, 3.63) is 35.1 Å². The SMILES string of the molecule is COCC1=CC=C(OC(=O)C(C)(C)C)C(C)=CC1. The molecule has 0 fully saturated rings. The molecule has 0 saturated carbocycles. The molecular formula is C15H22O3. The van der Waals surface area contributed by atoms with Crippen LogP contribution in [0.1, 0.15) is 34.1 Å². The van der Waals surface area contributed by atoms with Crippen LogP contribution in [0.25, 0.3) is 0 Å². The lowest BCUT2D eigenvalue weighted by molar-refractivity contribution is -0.148. The van der Waals surface area contributed by atoms with E-state index in [0.29, 0.717) is 12.4 Å². The fraction of sp³-hybridized carbons (Fsp3) is 0.533. The molecule has 0 aromatic heterocycles.